The maximum absolute atomic E-state index is 10.8. The normalized spacial score (nSPS) is 16.1. The number of carbonyl (C=O) groups excluding carboxylic acids is 1. The van der Waals surface area contributed by atoms with Crippen molar-refractivity contribution in [3.8, 4) is 0 Å². The van der Waals surface area contributed by atoms with E-state index in [0.29, 0.717) is 0 Å². The van der Waals surface area contributed by atoms with Crippen molar-refractivity contribution in [2.75, 3.05) is 0 Å². The Morgan fingerprint density at radius 1 is 1.14 bits per heavy atom. The van der Waals surface area contributed by atoms with Gasteiger partial charge in [-0.1, -0.05) is 29.8 Å². The maximum Gasteiger partial charge on any atom is 0.146 e. The van der Waals surface area contributed by atoms with Crippen molar-refractivity contribution in [3.63, 3.8) is 0 Å². The fourth-order valence-electron chi connectivity index (χ4n) is 1.98. The number of hydrogen-bond donors (Lipinski definition) is 0. The molecule has 2 rings (SSSR count). The molecule has 0 bridgehead atoms. The van der Waals surface area contributed by atoms with Crippen molar-refractivity contribution in [2.45, 2.75) is 26.2 Å². The summed E-state index contributed by atoms with van der Waals surface area (Å²) in [5, 5.41) is 0. The fourth-order valence-corrected chi connectivity index (χ4v) is 1.98. The predicted octanol–water partition coefficient (Wildman–Crippen LogP) is 3.13. The van der Waals surface area contributed by atoms with Gasteiger partial charge >= 0.3 is 0 Å². The average Bonchev–Trinajstić information content (AvgIpc) is 2.67. The highest BCUT2D eigenvalue weighted by atomic mass is 16.1. The molecule has 72 valence electrons. The summed E-state index contributed by atoms with van der Waals surface area (Å²) in [5.41, 5.74) is 4.73. The number of benzene rings is 1. The van der Waals surface area contributed by atoms with Gasteiger partial charge in [-0.2, -0.15) is 0 Å². The van der Waals surface area contributed by atoms with Gasteiger partial charge in [0.05, 0.1) is 0 Å². The van der Waals surface area contributed by atoms with Crippen LogP contribution >= 0.6 is 0 Å². The van der Waals surface area contributed by atoms with Gasteiger partial charge in [-0.05, 0) is 42.9 Å². The molecule has 1 aliphatic carbocycles. The van der Waals surface area contributed by atoms with Crippen LogP contribution in [-0.4, -0.2) is 6.29 Å². The van der Waals surface area contributed by atoms with Crippen LogP contribution in [0.1, 0.15) is 30.4 Å². The lowest BCUT2D eigenvalue weighted by atomic mass is 10.0. The topological polar surface area (TPSA) is 17.1 Å². The van der Waals surface area contributed by atoms with Crippen LogP contribution in [0.4, 0.5) is 0 Å². The number of hydrogen-bond acceptors (Lipinski definition) is 1. The monoisotopic (exact) mass is 186 g/mol. The third-order valence-corrected chi connectivity index (χ3v) is 2.80. The highest BCUT2D eigenvalue weighted by Crippen LogP contribution is 2.32. The number of aryl methyl sites for hydroxylation is 1. The lowest BCUT2D eigenvalue weighted by molar-refractivity contribution is -0.104. The van der Waals surface area contributed by atoms with Gasteiger partial charge in [-0.25, -0.2) is 0 Å². The number of allylic oxidation sites excluding steroid dienone is 2. The van der Waals surface area contributed by atoms with Crippen molar-refractivity contribution in [1.82, 2.24) is 0 Å². The van der Waals surface area contributed by atoms with Gasteiger partial charge < -0.3 is 0 Å². The minimum Gasteiger partial charge on any atom is -0.298 e. The molecule has 1 aromatic rings. The van der Waals surface area contributed by atoms with Crippen molar-refractivity contribution < 1.29 is 4.79 Å². The second kappa shape index (κ2) is 3.79. The van der Waals surface area contributed by atoms with Crippen LogP contribution in [0, 0.1) is 6.92 Å². The van der Waals surface area contributed by atoms with Gasteiger partial charge in [0.15, 0.2) is 0 Å². The zero-order chi connectivity index (χ0) is 9.97. The molecule has 0 aliphatic heterocycles. The summed E-state index contributed by atoms with van der Waals surface area (Å²) in [6.45, 7) is 2.08. The Hall–Kier alpha value is -1.37. The smallest absolute Gasteiger partial charge is 0.146 e. The lowest BCUT2D eigenvalue weighted by Gasteiger charge is -2.03. The fraction of sp³-hybridized carbons (Fsp3) is 0.308. The van der Waals surface area contributed by atoms with E-state index in [0.717, 1.165) is 31.1 Å². The summed E-state index contributed by atoms with van der Waals surface area (Å²) in [6, 6.07) is 8.42. The van der Waals surface area contributed by atoms with Crippen molar-refractivity contribution in [2.24, 2.45) is 0 Å². The van der Waals surface area contributed by atoms with Gasteiger partial charge in [-0.15, -0.1) is 0 Å². The molecule has 0 saturated heterocycles. The molecule has 1 aromatic carbocycles. The third-order valence-electron chi connectivity index (χ3n) is 2.80. The van der Waals surface area contributed by atoms with Gasteiger partial charge in [0, 0.05) is 0 Å². The Morgan fingerprint density at radius 3 is 2.50 bits per heavy atom. The van der Waals surface area contributed by atoms with E-state index < -0.39 is 0 Å². The number of rotatable bonds is 2. The highest BCUT2D eigenvalue weighted by molar-refractivity contribution is 5.89. The van der Waals surface area contributed by atoms with E-state index in [1.165, 1.54) is 16.7 Å². The van der Waals surface area contributed by atoms with Crippen LogP contribution < -0.4 is 0 Å². The molecular formula is C13H14O. The van der Waals surface area contributed by atoms with Crippen LogP contribution in [0.25, 0.3) is 5.57 Å². The molecular weight excluding hydrogens is 172 g/mol. The minimum atomic E-state index is 0.951. The van der Waals surface area contributed by atoms with Crippen molar-refractivity contribution in [3.05, 3.63) is 41.0 Å². The zero-order valence-electron chi connectivity index (χ0n) is 8.42. The molecule has 0 saturated carbocycles. The molecule has 0 fully saturated rings. The molecule has 0 aromatic heterocycles. The molecule has 1 aliphatic rings. The van der Waals surface area contributed by atoms with Gasteiger partial charge in [0.25, 0.3) is 0 Å². The van der Waals surface area contributed by atoms with E-state index in [4.69, 9.17) is 0 Å². The van der Waals surface area contributed by atoms with Crippen LogP contribution in [0.15, 0.2) is 29.8 Å². The lowest BCUT2D eigenvalue weighted by Crippen LogP contribution is -1.86. The van der Waals surface area contributed by atoms with E-state index in [9.17, 15) is 4.79 Å². The average molecular weight is 186 g/mol. The predicted molar refractivity (Wildman–Crippen MR) is 58.0 cm³/mol. The zero-order valence-corrected chi connectivity index (χ0v) is 8.42. The molecule has 1 heteroatoms. The molecule has 1 nitrogen and oxygen atoms in total. The Labute approximate surface area is 84.5 Å². The first-order valence-corrected chi connectivity index (χ1v) is 5.05. The quantitative estimate of drug-likeness (QED) is 0.648. The molecule has 0 N–H and O–H groups in total. The standard InChI is InChI=1S/C13H14O/c1-10-5-7-11(8-6-10)13-4-2-3-12(13)9-14/h5-9H,2-4H2,1H3. The first-order valence-electron chi connectivity index (χ1n) is 5.05. The second-order valence-electron chi connectivity index (χ2n) is 3.84. The maximum atomic E-state index is 10.8. The molecule has 0 spiro atoms. The van der Waals surface area contributed by atoms with Crippen molar-refractivity contribution >= 4 is 11.9 Å². The van der Waals surface area contributed by atoms with Crippen LogP contribution in [-0.2, 0) is 4.79 Å². The Kier molecular flexibility index (Phi) is 2.49. The van der Waals surface area contributed by atoms with E-state index in [-0.39, 0.29) is 0 Å². The van der Waals surface area contributed by atoms with Gasteiger partial charge in [0.2, 0.25) is 0 Å². The minimum absolute atomic E-state index is 0.951. The van der Waals surface area contributed by atoms with Crippen LogP contribution in [0.3, 0.4) is 0 Å². The van der Waals surface area contributed by atoms with Crippen LogP contribution in [0.2, 0.25) is 0 Å². The molecule has 0 radical (unpaired) electrons. The number of aldehydes is 1. The van der Waals surface area contributed by atoms with Crippen molar-refractivity contribution in [1.29, 1.82) is 0 Å². The molecule has 0 unspecified atom stereocenters. The summed E-state index contributed by atoms with van der Waals surface area (Å²) >= 11 is 0. The Balaban J connectivity index is 2.39. The number of carbonyl (C=O) groups is 1. The largest absolute Gasteiger partial charge is 0.298 e. The summed E-state index contributed by atoms with van der Waals surface area (Å²) in [7, 11) is 0. The Bertz CT molecular complexity index is 371. The van der Waals surface area contributed by atoms with E-state index >= 15 is 0 Å². The molecule has 0 heterocycles. The second-order valence-corrected chi connectivity index (χ2v) is 3.84. The first kappa shape index (κ1) is 9.20. The summed E-state index contributed by atoms with van der Waals surface area (Å²) in [6.07, 6.45) is 4.14. The van der Waals surface area contributed by atoms with Gasteiger partial charge in [0.1, 0.15) is 6.29 Å². The van der Waals surface area contributed by atoms with Gasteiger partial charge in [-0.3, -0.25) is 4.79 Å². The molecule has 0 amide bonds. The highest BCUT2D eigenvalue weighted by Gasteiger charge is 2.14. The SMILES string of the molecule is Cc1ccc(C2=C(C=O)CCC2)cc1. The summed E-state index contributed by atoms with van der Waals surface area (Å²) in [5.74, 6) is 0. The third kappa shape index (κ3) is 1.63. The summed E-state index contributed by atoms with van der Waals surface area (Å²) < 4.78 is 0. The van der Waals surface area contributed by atoms with Crippen LogP contribution in [0.5, 0.6) is 0 Å². The Morgan fingerprint density at radius 2 is 1.86 bits per heavy atom. The molecule has 14 heavy (non-hydrogen) atoms. The van der Waals surface area contributed by atoms with E-state index in [1.807, 2.05) is 0 Å². The summed E-state index contributed by atoms with van der Waals surface area (Å²) in [4.78, 5) is 10.8. The first-order chi connectivity index (χ1) is 6.81. The van der Waals surface area contributed by atoms with E-state index in [1.54, 1.807) is 0 Å². The molecule has 0 atom stereocenters. The van der Waals surface area contributed by atoms with E-state index in [2.05, 4.69) is 31.2 Å².